The molecule has 12 rings (SSSR count). The van der Waals surface area contributed by atoms with Crippen molar-refractivity contribution in [2.75, 3.05) is 26.4 Å². The first-order chi connectivity index (χ1) is 46.0. The third-order valence-electron chi connectivity index (χ3n) is 18.5. The Balaban J connectivity index is 1.22. The first-order valence-electron chi connectivity index (χ1n) is 32.2. The third kappa shape index (κ3) is 14.4. The summed E-state index contributed by atoms with van der Waals surface area (Å²) in [4.78, 5) is 60.5. The Hall–Kier alpha value is -7.02. The van der Waals surface area contributed by atoms with Crippen LogP contribution in [0.3, 0.4) is 0 Å². The summed E-state index contributed by atoms with van der Waals surface area (Å²) >= 11 is 0. The highest BCUT2D eigenvalue weighted by molar-refractivity contribution is 7.87. The number of hydrogen-bond acceptors (Lipinski definition) is 6. The minimum atomic E-state index is -3.82. The first kappa shape index (κ1) is 67.0. The number of rotatable bonds is 27. The van der Waals surface area contributed by atoms with Crippen molar-refractivity contribution in [2.45, 2.75) is 36.2 Å². The Labute approximate surface area is 561 Å². The summed E-state index contributed by atoms with van der Waals surface area (Å²) in [5.74, 6) is 0. The maximum absolute atomic E-state index is 15.8. The molecule has 12 aromatic rings. The molecule has 6 nitrogen and oxygen atoms in total. The van der Waals surface area contributed by atoms with Crippen LogP contribution in [0.2, 0.25) is 0 Å². The fourth-order valence-corrected chi connectivity index (χ4v) is 32.7. The van der Waals surface area contributed by atoms with Gasteiger partial charge in [-0.2, -0.15) is 0 Å². The first-order valence-corrected chi connectivity index (χ1v) is 42.2. The normalized spacial score (nSPS) is 13.6. The van der Waals surface area contributed by atoms with Crippen LogP contribution < -0.4 is 63.7 Å². The van der Waals surface area contributed by atoms with Gasteiger partial charge in [0.1, 0.15) is 59.9 Å². The summed E-state index contributed by atoms with van der Waals surface area (Å²) in [6.07, 6.45) is 1.34. The van der Waals surface area contributed by atoms with Gasteiger partial charge in [0, 0.05) is 29.0 Å². The highest BCUT2D eigenvalue weighted by Crippen LogP contribution is 2.69. The van der Waals surface area contributed by atoms with Gasteiger partial charge in [-0.05, 0) is 132 Å². The fraction of sp³-hybridized carbons (Fsp3) is 0.122. The SMILES string of the molecule is CN([C@@H](CC[P+](O)(c1ccccc1)c1ccccc1)C(C[C@H]([C@H](C[P+](O)(c1ccccc1)c1ccccc1)N(C)P(c1ccccc1)c1ccccc1)[P+](O)(c1ccccc1)c1ccccc1)[P+](O)(c1ccccc1)c1ccccc1)P(c1ccccc1)c1ccccc1. The van der Waals surface area contributed by atoms with Crippen LogP contribution in [0.5, 0.6) is 0 Å². The summed E-state index contributed by atoms with van der Waals surface area (Å²) in [6.45, 7) is 0. The van der Waals surface area contributed by atoms with Crippen LogP contribution in [0.25, 0.3) is 0 Å². The molecule has 1 unspecified atom stereocenters. The lowest BCUT2D eigenvalue weighted by Crippen LogP contribution is -2.54. The van der Waals surface area contributed by atoms with Gasteiger partial charge in [0.2, 0.25) is 30.0 Å². The van der Waals surface area contributed by atoms with E-state index in [2.05, 4.69) is 266 Å². The third-order valence-corrected chi connectivity index (χ3v) is 37.3. The van der Waals surface area contributed by atoms with E-state index in [9.17, 15) is 9.79 Å². The van der Waals surface area contributed by atoms with Gasteiger partial charge in [0.15, 0.2) is 0 Å². The van der Waals surface area contributed by atoms with E-state index in [4.69, 9.17) is 0 Å². The number of nitrogens with zero attached hydrogens (tertiary/aromatic N) is 2. The predicted molar refractivity (Wildman–Crippen MR) is 413 cm³/mol. The average Bonchev–Trinajstić information content (AvgIpc) is 0.733. The van der Waals surface area contributed by atoms with E-state index in [0.29, 0.717) is 12.6 Å². The van der Waals surface area contributed by atoms with Crippen LogP contribution in [0.4, 0.5) is 0 Å². The quantitative estimate of drug-likeness (QED) is 0.0384. The minimum Gasteiger partial charge on any atom is -0.271 e. The van der Waals surface area contributed by atoms with Gasteiger partial charge in [0.25, 0.3) is 0 Å². The maximum Gasteiger partial charge on any atom is 0.211 e. The predicted octanol–water partition coefficient (Wildman–Crippen LogP) is 13.5. The van der Waals surface area contributed by atoms with E-state index in [0.717, 1.165) is 63.7 Å². The molecule has 0 radical (unpaired) electrons. The van der Waals surface area contributed by atoms with E-state index in [-0.39, 0.29) is 12.6 Å². The molecule has 94 heavy (non-hydrogen) atoms. The molecular formula is C82H82N2O4P6+4. The van der Waals surface area contributed by atoms with Crippen LogP contribution in [-0.2, 0) is 0 Å². The lowest BCUT2D eigenvalue weighted by atomic mass is 10.0. The molecule has 0 aliphatic rings. The summed E-state index contributed by atoms with van der Waals surface area (Å²) in [7, 11) is -12.6. The summed E-state index contributed by atoms with van der Waals surface area (Å²) < 4.78 is 5.13. The second-order valence-corrected chi connectivity index (χ2v) is 40.6. The number of benzene rings is 12. The molecule has 0 spiro atoms. The Morgan fingerprint density at radius 1 is 0.266 bits per heavy atom. The van der Waals surface area contributed by atoms with E-state index in [1.54, 1.807) is 0 Å². The Bertz CT molecular complexity index is 3980. The zero-order chi connectivity index (χ0) is 64.8. The molecule has 4 N–H and O–H groups in total. The molecule has 0 fully saturated rings. The lowest BCUT2D eigenvalue weighted by molar-refractivity contribution is 0.325. The molecule has 12 aromatic carbocycles. The van der Waals surface area contributed by atoms with Crippen molar-refractivity contribution >= 4 is 110 Å². The fourth-order valence-electron chi connectivity index (χ4n) is 13.8. The largest absolute Gasteiger partial charge is 0.271 e. The standard InChI is InChI=1S/C82H82N2O4P6/c1-83(89(67-39-15-3-16-40-67)68-41-17-4-18-42-68)79(63-64-91(85,71-47-23-7-24-48-71)72-49-25-8-26-50-72)81(93(87,75-55-31-11-32-56-75)76-57-33-12-34-58-76)65-82(94(88,77-59-35-13-36-60-77)78-61-37-14-38-62-78)80(66-92(86,73-51-27-9-28-52-73)74-53-29-10-30-54-74)84(2)90(69-43-19-5-20-44-69)70-45-21-6-22-46-70/h3-62,79-82,85-88H,63-66H2,1-2H3/q+4/t79-,80-,81?,82+/m0/s1. The van der Waals surface area contributed by atoms with Gasteiger partial charge in [-0.15, -0.1) is 0 Å². The molecule has 0 aliphatic heterocycles. The highest BCUT2D eigenvalue weighted by Gasteiger charge is 2.64. The smallest absolute Gasteiger partial charge is 0.211 e. The molecule has 0 aliphatic carbocycles. The van der Waals surface area contributed by atoms with Crippen LogP contribution in [0, 0.1) is 0 Å². The monoisotopic (exact) mass is 1340 g/mol. The van der Waals surface area contributed by atoms with Gasteiger partial charge in [-0.1, -0.05) is 267 Å². The van der Waals surface area contributed by atoms with E-state index in [1.165, 1.54) is 0 Å². The molecular weight excluding hydrogens is 1260 g/mol. The summed E-state index contributed by atoms with van der Waals surface area (Å²) in [5.41, 5.74) is -1.41. The van der Waals surface area contributed by atoms with Gasteiger partial charge >= 0.3 is 0 Å². The van der Waals surface area contributed by atoms with Crippen molar-refractivity contribution in [3.05, 3.63) is 364 Å². The summed E-state index contributed by atoms with van der Waals surface area (Å²) in [5, 5.41) is 11.3. The van der Waals surface area contributed by atoms with Crippen LogP contribution in [-0.4, -0.2) is 78.7 Å². The van der Waals surface area contributed by atoms with E-state index >= 15 is 9.79 Å². The average molecular weight is 1350 g/mol. The van der Waals surface area contributed by atoms with Crippen molar-refractivity contribution in [1.82, 2.24) is 9.34 Å². The molecule has 0 saturated heterocycles. The molecule has 0 amide bonds. The second kappa shape index (κ2) is 31.2. The van der Waals surface area contributed by atoms with Crippen molar-refractivity contribution in [3.63, 3.8) is 0 Å². The van der Waals surface area contributed by atoms with Crippen molar-refractivity contribution in [3.8, 4) is 0 Å². The number of hydrogen-bond donors (Lipinski definition) is 4. The Morgan fingerprint density at radius 3 is 0.723 bits per heavy atom. The topological polar surface area (TPSA) is 87.4 Å². The van der Waals surface area contributed by atoms with Crippen molar-refractivity contribution < 1.29 is 19.6 Å². The van der Waals surface area contributed by atoms with Crippen molar-refractivity contribution in [2.24, 2.45) is 0 Å². The molecule has 12 heteroatoms. The lowest BCUT2D eigenvalue weighted by Gasteiger charge is -2.46. The Kier molecular flexibility index (Phi) is 22.3. The zero-order valence-electron chi connectivity index (χ0n) is 53.1. The van der Waals surface area contributed by atoms with Crippen molar-refractivity contribution in [1.29, 1.82) is 0 Å². The molecule has 0 bridgehead atoms. The molecule has 4 atom stereocenters. The molecule has 470 valence electrons. The van der Waals surface area contributed by atoms with Gasteiger partial charge < -0.3 is 0 Å². The van der Waals surface area contributed by atoms with Crippen LogP contribution >= 0.6 is 46.1 Å². The van der Waals surface area contributed by atoms with E-state index in [1.807, 2.05) is 121 Å². The van der Waals surface area contributed by atoms with Crippen LogP contribution in [0.1, 0.15) is 12.8 Å². The zero-order valence-corrected chi connectivity index (χ0v) is 58.5. The maximum atomic E-state index is 15.8. The second-order valence-electron chi connectivity index (χ2n) is 23.9. The molecule has 0 aromatic heterocycles. The highest BCUT2D eigenvalue weighted by atomic mass is 31.2. The Morgan fingerprint density at radius 2 is 0.468 bits per heavy atom. The van der Waals surface area contributed by atoms with Gasteiger partial charge in [-0.25, -0.2) is 19.6 Å². The molecule has 0 heterocycles. The van der Waals surface area contributed by atoms with Gasteiger partial charge in [-0.3, -0.25) is 9.34 Å². The van der Waals surface area contributed by atoms with E-state index < -0.39 is 69.5 Å². The van der Waals surface area contributed by atoms with Crippen LogP contribution in [0.15, 0.2) is 364 Å². The summed E-state index contributed by atoms with van der Waals surface area (Å²) in [6, 6.07) is 124. The van der Waals surface area contributed by atoms with Gasteiger partial charge in [0.05, 0.1) is 18.2 Å². The molecule has 0 saturated carbocycles. The minimum absolute atomic E-state index is 0.247.